The maximum atomic E-state index is 10.9. The van der Waals surface area contributed by atoms with Crippen LogP contribution in [0.25, 0.3) is 21.8 Å². The molecule has 0 bridgehead atoms. The number of benzene rings is 2. The second kappa shape index (κ2) is 5.61. The van der Waals surface area contributed by atoms with E-state index in [1.165, 1.54) is 11.8 Å². The summed E-state index contributed by atoms with van der Waals surface area (Å²) in [5.74, 6) is -0.0889. The van der Waals surface area contributed by atoms with Crippen molar-refractivity contribution in [1.29, 1.82) is 0 Å². The standard InChI is InChI=1S/C16H13NO3S/c1-20-10-6-7-14-12(8-10)16(21-9-15(18)19)11-4-2-3-5-13(11)17-14/h2-8H,9H2,1H3,(H,18,19). The Morgan fingerprint density at radius 1 is 1.19 bits per heavy atom. The Morgan fingerprint density at radius 2 is 1.95 bits per heavy atom. The van der Waals surface area contributed by atoms with Gasteiger partial charge in [-0.3, -0.25) is 4.79 Å². The molecule has 1 heterocycles. The highest BCUT2D eigenvalue weighted by Crippen LogP contribution is 2.35. The topological polar surface area (TPSA) is 59.4 Å². The zero-order chi connectivity index (χ0) is 14.8. The largest absolute Gasteiger partial charge is 0.497 e. The van der Waals surface area contributed by atoms with Crippen LogP contribution in [0, 0.1) is 0 Å². The molecule has 0 amide bonds. The van der Waals surface area contributed by atoms with E-state index in [9.17, 15) is 4.79 Å². The highest BCUT2D eigenvalue weighted by Gasteiger charge is 2.12. The lowest BCUT2D eigenvalue weighted by Gasteiger charge is -2.10. The van der Waals surface area contributed by atoms with Gasteiger partial charge in [-0.05, 0) is 24.3 Å². The van der Waals surface area contributed by atoms with E-state index in [1.807, 2.05) is 42.5 Å². The van der Waals surface area contributed by atoms with Crippen molar-refractivity contribution in [3.05, 3.63) is 42.5 Å². The number of ether oxygens (including phenoxy) is 1. The fraction of sp³-hybridized carbons (Fsp3) is 0.125. The fourth-order valence-corrected chi connectivity index (χ4v) is 3.16. The van der Waals surface area contributed by atoms with Gasteiger partial charge in [0.25, 0.3) is 0 Å². The molecule has 0 atom stereocenters. The van der Waals surface area contributed by atoms with Gasteiger partial charge >= 0.3 is 5.97 Å². The predicted octanol–water partition coefficient (Wildman–Crippen LogP) is 3.57. The normalized spacial score (nSPS) is 10.9. The zero-order valence-electron chi connectivity index (χ0n) is 11.4. The lowest BCUT2D eigenvalue weighted by molar-refractivity contribution is -0.133. The molecule has 1 aromatic heterocycles. The number of hydrogen-bond donors (Lipinski definition) is 1. The summed E-state index contributed by atoms with van der Waals surface area (Å²) in [5, 5.41) is 10.8. The summed E-state index contributed by atoms with van der Waals surface area (Å²) in [6.07, 6.45) is 0. The number of methoxy groups -OCH3 is 1. The van der Waals surface area contributed by atoms with E-state index in [1.54, 1.807) is 7.11 Å². The van der Waals surface area contributed by atoms with Gasteiger partial charge in [0.05, 0.1) is 23.9 Å². The molecule has 0 fully saturated rings. The van der Waals surface area contributed by atoms with Gasteiger partial charge in [-0.25, -0.2) is 4.98 Å². The van der Waals surface area contributed by atoms with Crippen molar-refractivity contribution in [2.45, 2.75) is 4.90 Å². The lowest BCUT2D eigenvalue weighted by Crippen LogP contribution is -1.98. The van der Waals surface area contributed by atoms with Crippen LogP contribution in [0.15, 0.2) is 47.4 Å². The summed E-state index contributed by atoms with van der Waals surface area (Å²) in [5.41, 5.74) is 1.70. The van der Waals surface area contributed by atoms with Gasteiger partial charge in [-0.1, -0.05) is 18.2 Å². The Morgan fingerprint density at radius 3 is 2.71 bits per heavy atom. The van der Waals surface area contributed by atoms with Gasteiger partial charge < -0.3 is 9.84 Å². The highest BCUT2D eigenvalue weighted by atomic mass is 32.2. The first-order valence-corrected chi connectivity index (χ1v) is 7.38. The monoisotopic (exact) mass is 299 g/mol. The number of carboxylic acids is 1. The van der Waals surface area contributed by atoms with Crippen LogP contribution in [0.1, 0.15) is 0 Å². The molecule has 106 valence electrons. The van der Waals surface area contributed by atoms with E-state index >= 15 is 0 Å². The van der Waals surface area contributed by atoms with Crippen LogP contribution in [0.4, 0.5) is 0 Å². The molecule has 3 aromatic rings. The number of aromatic nitrogens is 1. The molecule has 5 heteroatoms. The molecule has 0 saturated carbocycles. The zero-order valence-corrected chi connectivity index (χ0v) is 12.2. The van der Waals surface area contributed by atoms with Crippen LogP contribution in [0.2, 0.25) is 0 Å². The first kappa shape index (κ1) is 13.7. The number of carboxylic acid groups (broad SMARTS) is 1. The Kier molecular flexibility index (Phi) is 3.66. The third-order valence-electron chi connectivity index (χ3n) is 3.18. The maximum Gasteiger partial charge on any atom is 0.313 e. The van der Waals surface area contributed by atoms with E-state index < -0.39 is 5.97 Å². The van der Waals surface area contributed by atoms with Gasteiger partial charge in [-0.15, -0.1) is 11.8 Å². The third kappa shape index (κ3) is 2.64. The first-order chi connectivity index (χ1) is 10.2. The quantitative estimate of drug-likeness (QED) is 0.589. The van der Waals surface area contributed by atoms with E-state index in [2.05, 4.69) is 4.98 Å². The van der Waals surface area contributed by atoms with Crippen LogP contribution >= 0.6 is 11.8 Å². The van der Waals surface area contributed by atoms with Crippen LogP contribution in [-0.4, -0.2) is 28.9 Å². The molecule has 0 aliphatic carbocycles. The number of aliphatic carboxylic acids is 1. The summed E-state index contributed by atoms with van der Waals surface area (Å²) in [4.78, 5) is 16.5. The Labute approximate surface area is 125 Å². The SMILES string of the molecule is COc1ccc2nc3ccccc3c(SCC(=O)O)c2c1. The number of nitrogens with zero attached hydrogens (tertiary/aromatic N) is 1. The molecular weight excluding hydrogens is 286 g/mol. The van der Waals surface area contributed by atoms with Crippen LogP contribution < -0.4 is 4.74 Å². The Bertz CT molecular complexity index is 832. The van der Waals surface area contributed by atoms with Crippen molar-refractivity contribution in [3.8, 4) is 5.75 Å². The molecule has 0 aliphatic heterocycles. The number of fused-ring (bicyclic) bond motifs is 2. The number of hydrogen-bond acceptors (Lipinski definition) is 4. The van der Waals surface area contributed by atoms with Crippen molar-refractivity contribution in [3.63, 3.8) is 0 Å². The number of thioether (sulfide) groups is 1. The van der Waals surface area contributed by atoms with Crippen molar-refractivity contribution < 1.29 is 14.6 Å². The van der Waals surface area contributed by atoms with E-state index in [-0.39, 0.29) is 5.75 Å². The molecule has 4 nitrogen and oxygen atoms in total. The van der Waals surface area contributed by atoms with Crippen molar-refractivity contribution in [2.24, 2.45) is 0 Å². The van der Waals surface area contributed by atoms with Gasteiger partial charge in [0.15, 0.2) is 0 Å². The van der Waals surface area contributed by atoms with E-state index in [4.69, 9.17) is 9.84 Å². The molecule has 0 spiro atoms. The average Bonchev–Trinajstić information content (AvgIpc) is 2.50. The molecule has 2 aromatic carbocycles. The first-order valence-electron chi connectivity index (χ1n) is 6.40. The van der Waals surface area contributed by atoms with Crippen LogP contribution in [0.3, 0.4) is 0 Å². The van der Waals surface area contributed by atoms with Crippen LogP contribution in [0.5, 0.6) is 5.75 Å². The molecule has 0 aliphatic rings. The Hall–Kier alpha value is -2.27. The maximum absolute atomic E-state index is 10.9. The van der Waals surface area contributed by atoms with E-state index in [0.717, 1.165) is 32.5 Å². The number of rotatable bonds is 4. The van der Waals surface area contributed by atoms with Crippen molar-refractivity contribution >= 4 is 39.5 Å². The van der Waals surface area contributed by atoms with Gasteiger partial charge in [0.1, 0.15) is 5.75 Å². The van der Waals surface area contributed by atoms with Crippen LogP contribution in [-0.2, 0) is 4.79 Å². The number of para-hydroxylation sites is 1. The molecular formula is C16H13NO3S. The van der Waals surface area contributed by atoms with Gasteiger partial charge in [0.2, 0.25) is 0 Å². The number of pyridine rings is 1. The highest BCUT2D eigenvalue weighted by molar-refractivity contribution is 8.00. The minimum Gasteiger partial charge on any atom is -0.497 e. The summed E-state index contributed by atoms with van der Waals surface area (Å²) in [6, 6.07) is 13.4. The predicted molar refractivity (Wildman–Crippen MR) is 84.2 cm³/mol. The van der Waals surface area contributed by atoms with Crippen molar-refractivity contribution in [1.82, 2.24) is 4.98 Å². The number of carbonyl (C=O) groups is 1. The second-order valence-electron chi connectivity index (χ2n) is 4.52. The Balaban J connectivity index is 2.30. The average molecular weight is 299 g/mol. The molecule has 1 N–H and O–H groups in total. The fourth-order valence-electron chi connectivity index (χ4n) is 2.25. The molecule has 0 unspecified atom stereocenters. The minimum absolute atomic E-state index is 0.0142. The second-order valence-corrected chi connectivity index (χ2v) is 5.51. The molecule has 3 rings (SSSR count). The molecule has 0 radical (unpaired) electrons. The van der Waals surface area contributed by atoms with Crippen molar-refractivity contribution in [2.75, 3.05) is 12.9 Å². The summed E-state index contributed by atoms with van der Waals surface area (Å²) in [7, 11) is 1.61. The summed E-state index contributed by atoms with van der Waals surface area (Å²) in [6.45, 7) is 0. The summed E-state index contributed by atoms with van der Waals surface area (Å²) < 4.78 is 5.26. The van der Waals surface area contributed by atoms with E-state index in [0.29, 0.717) is 0 Å². The lowest BCUT2D eigenvalue weighted by atomic mass is 10.1. The molecule has 0 saturated heterocycles. The summed E-state index contributed by atoms with van der Waals surface area (Å²) >= 11 is 1.31. The third-order valence-corrected chi connectivity index (χ3v) is 4.30. The minimum atomic E-state index is -0.836. The smallest absolute Gasteiger partial charge is 0.313 e. The molecule has 21 heavy (non-hydrogen) atoms. The van der Waals surface area contributed by atoms with Gasteiger partial charge in [-0.2, -0.15) is 0 Å². The van der Waals surface area contributed by atoms with Gasteiger partial charge in [0, 0.05) is 15.7 Å².